The van der Waals surface area contributed by atoms with Crippen LogP contribution in [0.2, 0.25) is 0 Å². The number of nitrogen functional groups attached to an aromatic ring is 1. The number of benzene rings is 2. The highest BCUT2D eigenvalue weighted by Gasteiger charge is 2.17. The van der Waals surface area contributed by atoms with E-state index in [2.05, 4.69) is 27.4 Å². The van der Waals surface area contributed by atoms with Crippen molar-refractivity contribution in [2.24, 2.45) is 0 Å². The molecule has 0 saturated heterocycles. The SMILES string of the molecule is Nc1c(NC2CCCCC2)ncnc1Oc1ccc2ccccc2c1. The fourth-order valence-corrected chi connectivity index (χ4v) is 3.36. The number of fused-ring (bicyclic) bond motifs is 1. The number of rotatable bonds is 4. The van der Waals surface area contributed by atoms with Crippen LogP contribution >= 0.6 is 0 Å². The van der Waals surface area contributed by atoms with Crippen LogP contribution in [0.15, 0.2) is 48.8 Å². The fraction of sp³-hybridized carbons (Fsp3) is 0.300. The minimum absolute atomic E-state index is 0.392. The van der Waals surface area contributed by atoms with Gasteiger partial charge in [-0.1, -0.05) is 49.6 Å². The summed E-state index contributed by atoms with van der Waals surface area (Å²) >= 11 is 0. The monoisotopic (exact) mass is 334 g/mol. The normalized spacial score (nSPS) is 15.2. The Kier molecular flexibility index (Phi) is 4.37. The molecule has 4 rings (SSSR count). The molecular weight excluding hydrogens is 312 g/mol. The van der Waals surface area contributed by atoms with E-state index >= 15 is 0 Å². The minimum atomic E-state index is 0.392. The molecule has 0 unspecified atom stereocenters. The molecule has 2 aromatic carbocycles. The molecule has 0 atom stereocenters. The van der Waals surface area contributed by atoms with E-state index in [0.717, 1.165) is 18.2 Å². The number of nitrogens with zero attached hydrogens (tertiary/aromatic N) is 2. The maximum atomic E-state index is 6.25. The standard InChI is InChI=1S/C20H22N4O/c21-18-19(24-16-8-2-1-3-9-16)22-13-23-20(18)25-17-11-10-14-6-4-5-7-15(14)12-17/h4-7,10-13,16H,1-3,8-9,21H2,(H,22,23,24). The Hall–Kier alpha value is -2.82. The van der Waals surface area contributed by atoms with Crippen molar-refractivity contribution in [1.82, 2.24) is 9.97 Å². The van der Waals surface area contributed by atoms with E-state index in [1.54, 1.807) is 0 Å². The molecule has 5 nitrogen and oxygen atoms in total. The predicted molar refractivity (Wildman–Crippen MR) is 101 cm³/mol. The topological polar surface area (TPSA) is 73.1 Å². The quantitative estimate of drug-likeness (QED) is 0.720. The van der Waals surface area contributed by atoms with Gasteiger partial charge < -0.3 is 15.8 Å². The molecule has 3 aromatic rings. The van der Waals surface area contributed by atoms with Gasteiger partial charge in [0.2, 0.25) is 5.88 Å². The summed E-state index contributed by atoms with van der Waals surface area (Å²) in [7, 11) is 0. The number of ether oxygens (including phenoxy) is 1. The largest absolute Gasteiger partial charge is 0.437 e. The van der Waals surface area contributed by atoms with Gasteiger partial charge in [0, 0.05) is 6.04 Å². The van der Waals surface area contributed by atoms with E-state index < -0.39 is 0 Å². The Morgan fingerprint density at radius 2 is 1.76 bits per heavy atom. The van der Waals surface area contributed by atoms with Gasteiger partial charge in [0.15, 0.2) is 5.82 Å². The first-order valence-corrected chi connectivity index (χ1v) is 8.83. The number of hydrogen-bond donors (Lipinski definition) is 2. The van der Waals surface area contributed by atoms with Gasteiger partial charge in [0.25, 0.3) is 0 Å². The van der Waals surface area contributed by atoms with Crippen molar-refractivity contribution in [2.75, 3.05) is 11.1 Å². The zero-order valence-corrected chi connectivity index (χ0v) is 14.1. The fourth-order valence-electron chi connectivity index (χ4n) is 3.36. The molecule has 0 spiro atoms. The van der Waals surface area contributed by atoms with Crippen molar-refractivity contribution in [2.45, 2.75) is 38.1 Å². The van der Waals surface area contributed by atoms with Crippen molar-refractivity contribution < 1.29 is 4.74 Å². The molecule has 1 heterocycles. The van der Waals surface area contributed by atoms with Crippen LogP contribution in [-0.4, -0.2) is 16.0 Å². The molecule has 0 amide bonds. The lowest BCUT2D eigenvalue weighted by Crippen LogP contribution is -2.23. The second kappa shape index (κ2) is 6.97. The van der Waals surface area contributed by atoms with Gasteiger partial charge in [-0.05, 0) is 35.7 Å². The van der Waals surface area contributed by atoms with E-state index in [1.165, 1.54) is 31.0 Å². The zero-order valence-electron chi connectivity index (χ0n) is 14.1. The van der Waals surface area contributed by atoms with E-state index in [1.807, 2.05) is 30.3 Å². The summed E-state index contributed by atoms with van der Waals surface area (Å²) in [6.07, 6.45) is 7.63. The third kappa shape index (κ3) is 3.50. The lowest BCUT2D eigenvalue weighted by atomic mass is 9.95. The molecular formula is C20H22N4O. The summed E-state index contributed by atoms with van der Waals surface area (Å²) in [6, 6.07) is 14.5. The molecule has 5 heteroatoms. The average molecular weight is 334 g/mol. The summed E-state index contributed by atoms with van der Waals surface area (Å²) in [4.78, 5) is 8.51. The maximum absolute atomic E-state index is 6.25. The van der Waals surface area contributed by atoms with Crippen LogP contribution in [0.25, 0.3) is 10.8 Å². The highest BCUT2D eigenvalue weighted by Crippen LogP contribution is 2.32. The van der Waals surface area contributed by atoms with Crippen molar-refractivity contribution in [3.63, 3.8) is 0 Å². The summed E-state index contributed by atoms with van der Waals surface area (Å²) in [5.41, 5.74) is 6.71. The maximum Gasteiger partial charge on any atom is 0.248 e. The Labute approximate surface area is 147 Å². The first-order chi connectivity index (χ1) is 12.3. The number of nitrogens with one attached hydrogen (secondary N) is 1. The number of nitrogens with two attached hydrogens (primary N) is 1. The molecule has 1 aliphatic carbocycles. The first kappa shape index (κ1) is 15.7. The van der Waals surface area contributed by atoms with Gasteiger partial charge in [-0.2, -0.15) is 4.98 Å². The highest BCUT2D eigenvalue weighted by molar-refractivity contribution is 5.83. The Morgan fingerprint density at radius 3 is 2.60 bits per heavy atom. The van der Waals surface area contributed by atoms with Crippen LogP contribution in [0.3, 0.4) is 0 Å². The lowest BCUT2D eigenvalue weighted by molar-refractivity contribution is 0.457. The second-order valence-electron chi connectivity index (χ2n) is 6.53. The van der Waals surface area contributed by atoms with Crippen LogP contribution in [0.5, 0.6) is 11.6 Å². The predicted octanol–water partition coefficient (Wildman–Crippen LogP) is 4.75. The van der Waals surface area contributed by atoms with E-state index in [0.29, 0.717) is 29.2 Å². The smallest absolute Gasteiger partial charge is 0.248 e. The molecule has 0 radical (unpaired) electrons. The Balaban J connectivity index is 1.56. The number of anilines is 2. The molecule has 128 valence electrons. The van der Waals surface area contributed by atoms with Gasteiger partial charge in [-0.15, -0.1) is 0 Å². The Morgan fingerprint density at radius 1 is 0.960 bits per heavy atom. The minimum Gasteiger partial charge on any atom is -0.437 e. The first-order valence-electron chi connectivity index (χ1n) is 8.83. The number of aromatic nitrogens is 2. The third-order valence-corrected chi connectivity index (χ3v) is 4.73. The van der Waals surface area contributed by atoms with Crippen LogP contribution < -0.4 is 15.8 Å². The second-order valence-corrected chi connectivity index (χ2v) is 6.53. The molecule has 1 fully saturated rings. The van der Waals surface area contributed by atoms with Gasteiger partial charge in [-0.3, -0.25) is 0 Å². The highest BCUT2D eigenvalue weighted by atomic mass is 16.5. The zero-order chi connectivity index (χ0) is 17.1. The molecule has 1 aliphatic rings. The van der Waals surface area contributed by atoms with Crippen LogP contribution in [0, 0.1) is 0 Å². The van der Waals surface area contributed by atoms with Crippen molar-refractivity contribution in [3.05, 3.63) is 48.8 Å². The lowest BCUT2D eigenvalue weighted by Gasteiger charge is -2.24. The van der Waals surface area contributed by atoms with Crippen LogP contribution in [-0.2, 0) is 0 Å². The molecule has 0 aliphatic heterocycles. The van der Waals surface area contributed by atoms with Gasteiger partial charge in [0.05, 0.1) is 0 Å². The molecule has 25 heavy (non-hydrogen) atoms. The number of hydrogen-bond acceptors (Lipinski definition) is 5. The molecule has 1 aromatic heterocycles. The third-order valence-electron chi connectivity index (χ3n) is 4.73. The molecule has 1 saturated carbocycles. The van der Waals surface area contributed by atoms with Gasteiger partial charge >= 0.3 is 0 Å². The summed E-state index contributed by atoms with van der Waals surface area (Å²) in [5.74, 6) is 1.77. The summed E-state index contributed by atoms with van der Waals surface area (Å²) in [6.45, 7) is 0. The van der Waals surface area contributed by atoms with Gasteiger partial charge in [-0.25, -0.2) is 4.98 Å². The van der Waals surface area contributed by atoms with E-state index in [9.17, 15) is 0 Å². The van der Waals surface area contributed by atoms with Crippen molar-refractivity contribution >= 4 is 22.3 Å². The van der Waals surface area contributed by atoms with E-state index in [-0.39, 0.29) is 0 Å². The van der Waals surface area contributed by atoms with Crippen LogP contribution in [0.1, 0.15) is 32.1 Å². The van der Waals surface area contributed by atoms with Crippen LogP contribution in [0.4, 0.5) is 11.5 Å². The summed E-state index contributed by atoms with van der Waals surface area (Å²) < 4.78 is 5.93. The Bertz CT molecular complexity index is 874. The van der Waals surface area contributed by atoms with Crippen molar-refractivity contribution in [3.8, 4) is 11.6 Å². The average Bonchev–Trinajstić information content (AvgIpc) is 2.66. The van der Waals surface area contributed by atoms with E-state index in [4.69, 9.17) is 10.5 Å². The van der Waals surface area contributed by atoms with Gasteiger partial charge in [0.1, 0.15) is 17.8 Å². The van der Waals surface area contributed by atoms with Crippen molar-refractivity contribution in [1.29, 1.82) is 0 Å². The molecule has 3 N–H and O–H groups in total. The summed E-state index contributed by atoms with van der Waals surface area (Å²) in [5, 5.41) is 5.74. The molecule has 0 bridgehead atoms.